The van der Waals surface area contributed by atoms with E-state index in [4.69, 9.17) is 0 Å². The molecule has 22 heavy (non-hydrogen) atoms. The van der Waals surface area contributed by atoms with Gasteiger partial charge in [0, 0.05) is 30.6 Å². The van der Waals surface area contributed by atoms with Crippen LogP contribution in [-0.4, -0.2) is 23.1 Å². The minimum absolute atomic E-state index is 0.322. The monoisotopic (exact) mass is 293 g/mol. The fraction of sp³-hybridized carbons (Fsp3) is 0.235. The van der Waals surface area contributed by atoms with Crippen molar-refractivity contribution >= 4 is 16.9 Å². The molecule has 3 aromatic rings. The van der Waals surface area contributed by atoms with Gasteiger partial charge in [-0.05, 0) is 23.8 Å². The van der Waals surface area contributed by atoms with E-state index < -0.39 is 0 Å². The van der Waals surface area contributed by atoms with E-state index in [1.54, 1.807) is 0 Å². The number of H-pyrrole nitrogens is 1. The van der Waals surface area contributed by atoms with Crippen LogP contribution in [0, 0.1) is 5.92 Å². The Kier molecular flexibility index (Phi) is 3.50. The molecule has 1 aromatic carbocycles. The molecule has 0 aliphatic carbocycles. The summed E-state index contributed by atoms with van der Waals surface area (Å²) in [4.78, 5) is 7.73. The number of nitrogens with zero attached hydrogens (tertiary/aromatic N) is 1. The average Bonchev–Trinajstić information content (AvgIpc) is 3.22. The highest BCUT2D eigenvalue weighted by Gasteiger charge is 2.27. The number of pyridine rings is 1. The molecule has 5 heteroatoms. The summed E-state index contributed by atoms with van der Waals surface area (Å²) in [7, 11) is 0. The van der Waals surface area contributed by atoms with Crippen LogP contribution in [0.1, 0.15) is 11.6 Å². The Morgan fingerprint density at radius 2 is 2.00 bits per heavy atom. The maximum absolute atomic E-state index is 4.59. The summed E-state index contributed by atoms with van der Waals surface area (Å²) in [5.41, 5.74) is 8.87. The molecule has 0 spiro atoms. The van der Waals surface area contributed by atoms with E-state index in [9.17, 15) is 0 Å². The van der Waals surface area contributed by atoms with Crippen LogP contribution in [0.2, 0.25) is 0 Å². The SMILES string of the molecule is c1ccc(C2NNCC2CNc2ccc3cc[nH]c3n2)cc1. The Labute approximate surface area is 129 Å². The highest BCUT2D eigenvalue weighted by atomic mass is 15.4. The molecular weight excluding hydrogens is 274 g/mol. The lowest BCUT2D eigenvalue weighted by atomic mass is 9.95. The molecule has 4 rings (SSSR count). The Morgan fingerprint density at radius 1 is 1.09 bits per heavy atom. The van der Waals surface area contributed by atoms with Crippen molar-refractivity contribution in [2.24, 2.45) is 5.92 Å². The first kappa shape index (κ1) is 13.3. The van der Waals surface area contributed by atoms with Crippen molar-refractivity contribution in [2.75, 3.05) is 18.4 Å². The molecule has 1 aliphatic rings. The van der Waals surface area contributed by atoms with Crippen molar-refractivity contribution < 1.29 is 0 Å². The van der Waals surface area contributed by atoms with Crippen LogP contribution in [0.5, 0.6) is 0 Å². The molecule has 2 unspecified atom stereocenters. The van der Waals surface area contributed by atoms with Gasteiger partial charge in [-0.1, -0.05) is 30.3 Å². The van der Waals surface area contributed by atoms with Crippen molar-refractivity contribution in [3.8, 4) is 0 Å². The number of aromatic amines is 1. The zero-order valence-electron chi connectivity index (χ0n) is 12.2. The van der Waals surface area contributed by atoms with Crippen LogP contribution >= 0.6 is 0 Å². The fourth-order valence-electron chi connectivity index (χ4n) is 3.01. The number of anilines is 1. The van der Waals surface area contributed by atoms with E-state index >= 15 is 0 Å². The van der Waals surface area contributed by atoms with Crippen LogP contribution in [0.4, 0.5) is 5.82 Å². The molecule has 0 saturated carbocycles. The van der Waals surface area contributed by atoms with E-state index in [1.165, 1.54) is 5.56 Å². The number of benzene rings is 1. The van der Waals surface area contributed by atoms with Gasteiger partial charge in [0.25, 0.3) is 0 Å². The lowest BCUT2D eigenvalue weighted by Crippen LogP contribution is -2.26. The number of rotatable bonds is 4. The molecule has 4 N–H and O–H groups in total. The molecule has 3 heterocycles. The van der Waals surface area contributed by atoms with Gasteiger partial charge in [0.1, 0.15) is 11.5 Å². The van der Waals surface area contributed by atoms with Gasteiger partial charge < -0.3 is 10.3 Å². The number of hydrogen-bond donors (Lipinski definition) is 4. The molecule has 0 radical (unpaired) electrons. The van der Waals surface area contributed by atoms with Gasteiger partial charge >= 0.3 is 0 Å². The lowest BCUT2D eigenvalue weighted by Gasteiger charge is -2.19. The Balaban J connectivity index is 1.46. The first-order valence-corrected chi connectivity index (χ1v) is 7.61. The molecule has 5 nitrogen and oxygen atoms in total. The van der Waals surface area contributed by atoms with Crippen molar-refractivity contribution in [3.05, 3.63) is 60.3 Å². The number of fused-ring (bicyclic) bond motifs is 1. The molecule has 2 aromatic heterocycles. The predicted octanol–water partition coefficient (Wildman–Crippen LogP) is 2.44. The smallest absolute Gasteiger partial charge is 0.139 e. The van der Waals surface area contributed by atoms with Gasteiger partial charge in [0.15, 0.2) is 0 Å². The molecule has 1 fully saturated rings. The summed E-state index contributed by atoms with van der Waals surface area (Å²) in [6.45, 7) is 1.82. The van der Waals surface area contributed by atoms with E-state index in [0.717, 1.165) is 29.9 Å². The van der Waals surface area contributed by atoms with Gasteiger partial charge in [-0.3, -0.25) is 5.43 Å². The Hall–Kier alpha value is -2.37. The largest absolute Gasteiger partial charge is 0.370 e. The van der Waals surface area contributed by atoms with Gasteiger partial charge in [-0.25, -0.2) is 10.4 Å². The van der Waals surface area contributed by atoms with Gasteiger partial charge in [0.2, 0.25) is 0 Å². The van der Waals surface area contributed by atoms with Crippen LogP contribution in [0.15, 0.2) is 54.7 Å². The summed E-state index contributed by atoms with van der Waals surface area (Å²) in [6.07, 6.45) is 1.91. The molecule has 2 atom stereocenters. The molecule has 112 valence electrons. The maximum atomic E-state index is 4.59. The lowest BCUT2D eigenvalue weighted by molar-refractivity contribution is 0.492. The third-order valence-electron chi connectivity index (χ3n) is 4.21. The van der Waals surface area contributed by atoms with E-state index in [-0.39, 0.29) is 0 Å². The first-order valence-electron chi connectivity index (χ1n) is 7.61. The molecular formula is C17H19N5. The highest BCUT2D eigenvalue weighted by molar-refractivity contribution is 5.77. The maximum Gasteiger partial charge on any atom is 0.139 e. The number of aromatic nitrogens is 2. The van der Waals surface area contributed by atoms with Crippen LogP contribution < -0.4 is 16.2 Å². The standard InChI is InChI=1S/C17H19N5/c1-2-4-12(5-3-1)16-14(11-20-22-16)10-19-15-7-6-13-8-9-18-17(13)21-15/h1-9,14,16,20,22H,10-11H2,(H2,18,19,21). The molecule has 1 aliphatic heterocycles. The summed E-state index contributed by atoms with van der Waals surface area (Å²) >= 11 is 0. The topological polar surface area (TPSA) is 64.8 Å². The fourth-order valence-corrected chi connectivity index (χ4v) is 3.01. The van der Waals surface area contributed by atoms with Crippen LogP contribution in [0.3, 0.4) is 0 Å². The van der Waals surface area contributed by atoms with Crippen molar-refractivity contribution in [1.29, 1.82) is 0 Å². The van der Waals surface area contributed by atoms with Crippen molar-refractivity contribution in [3.63, 3.8) is 0 Å². The normalized spacial score (nSPS) is 21.3. The summed E-state index contributed by atoms with van der Waals surface area (Å²) in [5.74, 6) is 1.39. The summed E-state index contributed by atoms with van der Waals surface area (Å²) in [6, 6.07) is 17.0. The second kappa shape index (κ2) is 5.79. The van der Waals surface area contributed by atoms with Crippen molar-refractivity contribution in [2.45, 2.75) is 6.04 Å². The van der Waals surface area contributed by atoms with E-state index in [2.05, 4.69) is 62.5 Å². The second-order valence-corrected chi connectivity index (χ2v) is 5.67. The summed E-state index contributed by atoms with van der Waals surface area (Å²) in [5, 5.41) is 4.59. The number of hydrogen-bond acceptors (Lipinski definition) is 4. The highest BCUT2D eigenvalue weighted by Crippen LogP contribution is 2.25. The van der Waals surface area contributed by atoms with E-state index in [1.807, 2.05) is 18.3 Å². The van der Waals surface area contributed by atoms with Gasteiger partial charge in [0.05, 0.1) is 6.04 Å². The Bertz CT molecular complexity index is 752. The number of nitrogens with one attached hydrogen (secondary N) is 4. The minimum Gasteiger partial charge on any atom is -0.370 e. The van der Waals surface area contributed by atoms with Gasteiger partial charge in [-0.15, -0.1) is 0 Å². The van der Waals surface area contributed by atoms with Crippen LogP contribution in [0.25, 0.3) is 11.0 Å². The van der Waals surface area contributed by atoms with Crippen LogP contribution in [-0.2, 0) is 0 Å². The van der Waals surface area contributed by atoms with Gasteiger partial charge in [-0.2, -0.15) is 0 Å². The number of hydrazine groups is 1. The summed E-state index contributed by atoms with van der Waals surface area (Å²) < 4.78 is 0. The zero-order chi connectivity index (χ0) is 14.8. The predicted molar refractivity (Wildman–Crippen MR) is 88.4 cm³/mol. The molecule has 0 amide bonds. The quantitative estimate of drug-likeness (QED) is 0.596. The first-order chi connectivity index (χ1) is 10.9. The third kappa shape index (κ3) is 2.56. The Morgan fingerprint density at radius 3 is 2.91 bits per heavy atom. The van der Waals surface area contributed by atoms with E-state index in [0.29, 0.717) is 12.0 Å². The molecule has 0 bridgehead atoms. The second-order valence-electron chi connectivity index (χ2n) is 5.67. The minimum atomic E-state index is 0.322. The van der Waals surface area contributed by atoms with Crippen molar-refractivity contribution in [1.82, 2.24) is 20.8 Å². The third-order valence-corrected chi connectivity index (χ3v) is 4.21. The zero-order valence-corrected chi connectivity index (χ0v) is 12.2. The average molecular weight is 293 g/mol. The molecule has 1 saturated heterocycles.